The van der Waals surface area contributed by atoms with Crippen molar-refractivity contribution < 1.29 is 31.9 Å². The van der Waals surface area contributed by atoms with E-state index in [0.717, 1.165) is 0 Å². The molecule has 14 heteroatoms. The molecule has 2 aromatic heterocycles. The number of rotatable bonds is 13. The molecule has 43 heavy (non-hydrogen) atoms. The fourth-order valence-corrected chi connectivity index (χ4v) is 4.81. The van der Waals surface area contributed by atoms with Gasteiger partial charge in [0.2, 0.25) is 11.8 Å². The number of amides is 2. The predicted octanol–water partition coefficient (Wildman–Crippen LogP) is 5.00. The van der Waals surface area contributed by atoms with E-state index in [2.05, 4.69) is 25.7 Å². The van der Waals surface area contributed by atoms with Crippen LogP contribution in [0.2, 0.25) is 0 Å². The van der Waals surface area contributed by atoms with Crippen LogP contribution in [-0.2, 0) is 24.4 Å². The van der Waals surface area contributed by atoms with Gasteiger partial charge in [0.15, 0.2) is 5.69 Å². The highest BCUT2D eigenvalue weighted by atomic mass is 19.3. The first kappa shape index (κ1) is 31.7. The molecule has 4 rings (SSSR count). The van der Waals surface area contributed by atoms with Gasteiger partial charge in [-0.2, -0.15) is 8.78 Å². The lowest BCUT2D eigenvalue weighted by molar-refractivity contribution is -0.159. The van der Waals surface area contributed by atoms with Gasteiger partial charge in [-0.1, -0.05) is 17.3 Å². The highest BCUT2D eigenvalue weighted by molar-refractivity contribution is 5.92. The number of alkyl halides is 4. The molecular weight excluding hydrogens is 572 g/mol. The van der Waals surface area contributed by atoms with Crippen LogP contribution in [0.5, 0.6) is 5.75 Å². The van der Waals surface area contributed by atoms with Crippen LogP contribution >= 0.6 is 0 Å². The Hall–Kier alpha value is -4.23. The molecule has 2 amide bonds. The summed E-state index contributed by atoms with van der Waals surface area (Å²) in [6.07, 6.45) is 1.41. The molecule has 0 aliphatic heterocycles. The van der Waals surface area contributed by atoms with Gasteiger partial charge >= 0.3 is 6.11 Å². The van der Waals surface area contributed by atoms with Crippen LogP contribution in [0, 0.1) is 5.92 Å². The molecule has 2 N–H and O–H groups in total. The lowest BCUT2D eigenvalue weighted by Gasteiger charge is -2.27. The first-order valence-corrected chi connectivity index (χ1v) is 14.1. The molecule has 2 heterocycles. The number of nitrogens with one attached hydrogen (secondary N) is 2. The van der Waals surface area contributed by atoms with Crippen LogP contribution < -0.4 is 20.9 Å². The molecule has 0 bridgehead atoms. The standard InChI is InChI=1S/C29H34F4N6O4/c1-28(30,31)43-23-6-4-5-21(15-23)18-34-27(42)24-19-39(37-36-24)13-3-2-12-38-14-9-22(17-26(38)41)35-25(40)16-20-7-10-29(32,33)11-8-20/h4-6,9,14-15,17,19-20H,2-3,7-8,10-13,16,18H2,1H3,(H,34,42)(H,35,40). The summed E-state index contributed by atoms with van der Waals surface area (Å²) in [7, 11) is 0. The fraction of sp³-hybridized carbons (Fsp3) is 0.483. The Morgan fingerprint density at radius 1 is 1.12 bits per heavy atom. The Kier molecular flexibility index (Phi) is 10.2. The minimum Gasteiger partial charge on any atom is -0.433 e. The molecule has 0 unspecified atom stereocenters. The number of hydrogen-bond donors (Lipinski definition) is 2. The topological polar surface area (TPSA) is 120 Å². The number of hydrogen-bond acceptors (Lipinski definition) is 6. The quantitative estimate of drug-likeness (QED) is 0.209. The largest absolute Gasteiger partial charge is 0.433 e. The average molecular weight is 607 g/mol. The van der Waals surface area contributed by atoms with E-state index < -0.39 is 17.9 Å². The van der Waals surface area contributed by atoms with Crippen molar-refractivity contribution in [3.8, 4) is 5.75 Å². The summed E-state index contributed by atoms with van der Waals surface area (Å²) in [5, 5.41) is 13.2. The van der Waals surface area contributed by atoms with Gasteiger partial charge in [0.1, 0.15) is 5.75 Å². The van der Waals surface area contributed by atoms with Crippen LogP contribution in [0.4, 0.5) is 23.2 Å². The molecule has 1 aliphatic rings. The molecule has 10 nitrogen and oxygen atoms in total. The van der Waals surface area contributed by atoms with Crippen LogP contribution in [-0.4, -0.2) is 43.4 Å². The van der Waals surface area contributed by atoms with Gasteiger partial charge in [-0.05, 0) is 55.4 Å². The number of aromatic nitrogens is 4. The summed E-state index contributed by atoms with van der Waals surface area (Å²) in [5.41, 5.74) is 0.754. The molecule has 1 fully saturated rings. The van der Waals surface area contributed by atoms with Gasteiger partial charge in [-0.3, -0.25) is 19.1 Å². The molecule has 0 atom stereocenters. The Morgan fingerprint density at radius 2 is 1.86 bits per heavy atom. The maximum atomic E-state index is 13.3. The summed E-state index contributed by atoms with van der Waals surface area (Å²) < 4.78 is 60.3. The molecule has 0 radical (unpaired) electrons. The van der Waals surface area contributed by atoms with Gasteiger partial charge < -0.3 is 19.9 Å². The number of anilines is 1. The lowest BCUT2D eigenvalue weighted by atomic mass is 9.84. The van der Waals surface area contributed by atoms with E-state index in [1.54, 1.807) is 24.4 Å². The first-order chi connectivity index (χ1) is 20.3. The molecule has 0 saturated heterocycles. The third-order valence-electron chi connectivity index (χ3n) is 7.05. The number of carbonyl (C=O) groups excluding carboxylic acids is 2. The predicted molar refractivity (Wildman–Crippen MR) is 149 cm³/mol. The fourth-order valence-electron chi connectivity index (χ4n) is 4.81. The number of nitrogens with zero attached hydrogens (tertiary/aromatic N) is 4. The summed E-state index contributed by atoms with van der Waals surface area (Å²) in [5.74, 6) is -3.51. The Balaban J connectivity index is 1.17. The zero-order valence-electron chi connectivity index (χ0n) is 23.7. The molecule has 232 valence electrons. The molecule has 0 spiro atoms. The number of halogens is 4. The summed E-state index contributed by atoms with van der Waals surface area (Å²) in [4.78, 5) is 37.2. The molecule has 1 aliphatic carbocycles. The van der Waals surface area contributed by atoms with Crippen molar-refractivity contribution in [1.29, 1.82) is 0 Å². The Bertz CT molecular complexity index is 1460. The maximum Gasteiger partial charge on any atom is 0.394 e. The molecule has 1 aromatic carbocycles. The van der Waals surface area contributed by atoms with Crippen molar-refractivity contribution in [2.45, 2.75) is 83.5 Å². The third kappa shape index (κ3) is 10.2. The van der Waals surface area contributed by atoms with Crippen LogP contribution in [0.3, 0.4) is 0 Å². The van der Waals surface area contributed by atoms with E-state index in [1.807, 2.05) is 0 Å². The Morgan fingerprint density at radius 3 is 2.58 bits per heavy atom. The number of benzene rings is 1. The minimum atomic E-state index is -3.32. The first-order valence-electron chi connectivity index (χ1n) is 14.1. The monoisotopic (exact) mass is 606 g/mol. The summed E-state index contributed by atoms with van der Waals surface area (Å²) in [6, 6.07) is 8.98. The van der Waals surface area contributed by atoms with E-state index in [9.17, 15) is 31.9 Å². The normalized spacial score (nSPS) is 15.2. The van der Waals surface area contributed by atoms with Crippen molar-refractivity contribution >= 4 is 17.5 Å². The molecular formula is C29H34F4N6O4. The maximum absolute atomic E-state index is 13.3. The van der Waals surface area contributed by atoms with Gasteiger partial charge in [0.25, 0.3) is 11.5 Å². The van der Waals surface area contributed by atoms with Gasteiger partial charge in [-0.15, -0.1) is 5.10 Å². The van der Waals surface area contributed by atoms with E-state index in [0.29, 0.717) is 56.9 Å². The summed E-state index contributed by atoms with van der Waals surface area (Å²) >= 11 is 0. The third-order valence-corrected chi connectivity index (χ3v) is 7.05. The van der Waals surface area contributed by atoms with Crippen LogP contribution in [0.25, 0.3) is 0 Å². The summed E-state index contributed by atoms with van der Waals surface area (Å²) in [6.45, 7) is 1.61. The average Bonchev–Trinajstić information content (AvgIpc) is 3.40. The highest BCUT2D eigenvalue weighted by Gasteiger charge is 2.35. The minimum absolute atomic E-state index is 0.0152. The second-order valence-electron chi connectivity index (χ2n) is 10.8. The van der Waals surface area contributed by atoms with Crippen molar-refractivity contribution in [3.05, 3.63) is 70.4 Å². The number of carbonyl (C=O) groups is 2. The zero-order valence-corrected chi connectivity index (χ0v) is 23.7. The highest BCUT2D eigenvalue weighted by Crippen LogP contribution is 2.37. The number of aryl methyl sites for hydroxylation is 2. The van der Waals surface area contributed by atoms with Crippen molar-refractivity contribution in [2.75, 3.05) is 5.32 Å². The van der Waals surface area contributed by atoms with Crippen molar-refractivity contribution in [1.82, 2.24) is 24.9 Å². The van der Waals surface area contributed by atoms with Crippen LogP contribution in [0.15, 0.2) is 53.6 Å². The second-order valence-corrected chi connectivity index (χ2v) is 10.8. The Labute approximate surface area is 245 Å². The second kappa shape index (κ2) is 13.8. The number of unbranched alkanes of at least 4 members (excludes halogenated alkanes) is 1. The lowest BCUT2D eigenvalue weighted by Crippen LogP contribution is -2.27. The zero-order chi connectivity index (χ0) is 31.0. The molecule has 3 aromatic rings. The van der Waals surface area contributed by atoms with Crippen molar-refractivity contribution in [2.24, 2.45) is 5.92 Å². The number of ether oxygens (including phenoxy) is 1. The number of pyridine rings is 1. The smallest absolute Gasteiger partial charge is 0.394 e. The van der Waals surface area contributed by atoms with Gasteiger partial charge in [0, 0.05) is 63.8 Å². The van der Waals surface area contributed by atoms with Gasteiger partial charge in [-0.25, -0.2) is 8.78 Å². The van der Waals surface area contributed by atoms with E-state index in [1.165, 1.54) is 33.6 Å². The van der Waals surface area contributed by atoms with E-state index in [4.69, 9.17) is 0 Å². The van der Waals surface area contributed by atoms with Gasteiger partial charge in [0.05, 0.1) is 6.20 Å². The van der Waals surface area contributed by atoms with Crippen LogP contribution in [0.1, 0.15) is 67.9 Å². The van der Waals surface area contributed by atoms with E-state index in [-0.39, 0.29) is 54.6 Å². The SMILES string of the molecule is CC(F)(F)Oc1cccc(CNC(=O)c2cn(CCCCn3ccc(NC(=O)CC4CCC(F)(F)CC4)cc3=O)nn2)c1. The van der Waals surface area contributed by atoms with Crippen molar-refractivity contribution in [3.63, 3.8) is 0 Å². The van der Waals surface area contributed by atoms with E-state index >= 15 is 0 Å². The molecule has 1 saturated carbocycles.